The predicted octanol–water partition coefficient (Wildman–Crippen LogP) is 3.80. The van der Waals surface area contributed by atoms with Crippen LogP contribution in [-0.2, 0) is 14.8 Å². The van der Waals surface area contributed by atoms with Crippen LogP contribution in [0.1, 0.15) is 29.5 Å². The average molecular weight is 426 g/mol. The number of pyridine rings is 1. The lowest BCUT2D eigenvalue weighted by molar-refractivity contribution is -0.117. The summed E-state index contributed by atoms with van der Waals surface area (Å²) in [6, 6.07) is 13.4. The molecule has 0 fully saturated rings. The van der Waals surface area contributed by atoms with Crippen LogP contribution < -0.4 is 9.04 Å². The molecule has 0 radical (unpaired) electrons. The molecule has 0 spiro atoms. The van der Waals surface area contributed by atoms with Crippen LogP contribution in [0.4, 0.5) is 10.1 Å². The van der Waals surface area contributed by atoms with E-state index in [0.29, 0.717) is 22.2 Å². The topological polar surface area (TPSA) is 76.6 Å². The van der Waals surface area contributed by atoms with Crippen LogP contribution in [0.5, 0.6) is 5.75 Å². The molecule has 1 aromatic heterocycles. The number of rotatable bonds is 5. The molecule has 4 rings (SSSR count). The van der Waals surface area contributed by atoms with Crippen LogP contribution in [0.15, 0.2) is 65.8 Å². The number of sulfonamides is 1. The van der Waals surface area contributed by atoms with Gasteiger partial charge in [-0.05, 0) is 55.3 Å². The van der Waals surface area contributed by atoms with Gasteiger partial charge < -0.3 is 4.74 Å². The number of amides is 1. The van der Waals surface area contributed by atoms with Gasteiger partial charge in [0.1, 0.15) is 11.6 Å². The number of aryl methyl sites for hydroxylation is 1. The molecule has 6 nitrogen and oxygen atoms in total. The largest absolute Gasteiger partial charge is 0.494 e. The average Bonchev–Trinajstić information content (AvgIpc) is 3.00. The van der Waals surface area contributed by atoms with Gasteiger partial charge in [-0.1, -0.05) is 24.3 Å². The van der Waals surface area contributed by atoms with Crippen molar-refractivity contribution in [3.63, 3.8) is 0 Å². The first-order valence-corrected chi connectivity index (χ1v) is 10.8. The van der Waals surface area contributed by atoms with Crippen LogP contribution in [0.25, 0.3) is 0 Å². The minimum Gasteiger partial charge on any atom is -0.494 e. The Morgan fingerprint density at radius 3 is 2.57 bits per heavy atom. The van der Waals surface area contributed by atoms with Crippen molar-refractivity contribution < 1.29 is 22.3 Å². The van der Waals surface area contributed by atoms with E-state index >= 15 is 0 Å². The molecule has 1 atom stereocenters. The van der Waals surface area contributed by atoms with Gasteiger partial charge in [0.05, 0.1) is 18.2 Å². The minimum atomic E-state index is -4.29. The number of hydrogen-bond donors (Lipinski definition) is 0. The molecule has 1 unspecified atom stereocenters. The van der Waals surface area contributed by atoms with Crippen molar-refractivity contribution in [1.82, 2.24) is 4.98 Å². The van der Waals surface area contributed by atoms with Gasteiger partial charge in [0.25, 0.3) is 15.9 Å². The summed E-state index contributed by atoms with van der Waals surface area (Å²) in [7, 11) is -4.29. The minimum absolute atomic E-state index is 0.111. The Morgan fingerprint density at radius 2 is 1.87 bits per heavy atom. The molecule has 0 saturated carbocycles. The first-order valence-electron chi connectivity index (χ1n) is 9.37. The van der Waals surface area contributed by atoms with Crippen LogP contribution in [0.2, 0.25) is 0 Å². The summed E-state index contributed by atoms with van der Waals surface area (Å²) in [5.41, 5.74) is 1.64. The molecule has 30 heavy (non-hydrogen) atoms. The maximum Gasteiger partial charge on any atom is 0.288 e. The van der Waals surface area contributed by atoms with E-state index in [1.807, 2.05) is 0 Å². The van der Waals surface area contributed by atoms with Crippen LogP contribution in [0.3, 0.4) is 0 Å². The Kier molecular flexibility index (Phi) is 5.03. The normalized spacial score (nSPS) is 15.9. The smallest absolute Gasteiger partial charge is 0.288 e. The van der Waals surface area contributed by atoms with Gasteiger partial charge in [0.2, 0.25) is 0 Å². The quantitative estimate of drug-likeness (QED) is 0.620. The van der Waals surface area contributed by atoms with E-state index in [-0.39, 0.29) is 16.3 Å². The van der Waals surface area contributed by atoms with Crippen LogP contribution in [-0.4, -0.2) is 25.9 Å². The third-order valence-corrected chi connectivity index (χ3v) is 6.51. The second-order valence-corrected chi connectivity index (χ2v) is 8.62. The maximum absolute atomic E-state index is 14.1. The van der Waals surface area contributed by atoms with Gasteiger partial charge in [0.15, 0.2) is 5.03 Å². The van der Waals surface area contributed by atoms with E-state index in [1.54, 1.807) is 44.2 Å². The van der Waals surface area contributed by atoms with Crippen molar-refractivity contribution in [3.8, 4) is 5.75 Å². The van der Waals surface area contributed by atoms with Crippen molar-refractivity contribution in [3.05, 3.63) is 83.3 Å². The highest BCUT2D eigenvalue weighted by molar-refractivity contribution is 7.93. The lowest BCUT2D eigenvalue weighted by Gasteiger charge is -2.18. The Morgan fingerprint density at radius 1 is 1.10 bits per heavy atom. The number of benzene rings is 2. The number of hydrogen-bond acceptors (Lipinski definition) is 5. The molecule has 0 aliphatic carbocycles. The molecule has 0 N–H and O–H groups in total. The van der Waals surface area contributed by atoms with Gasteiger partial charge in [-0.3, -0.25) is 4.79 Å². The SMILES string of the molecule is CCOc1ccccc1C1C(=O)N(S(=O)(=O)c2ccc(C)cn2)c2ccc(F)cc21. The Hall–Kier alpha value is -3.26. The van der Waals surface area contributed by atoms with Crippen molar-refractivity contribution in [1.29, 1.82) is 0 Å². The molecule has 2 aromatic carbocycles. The summed E-state index contributed by atoms with van der Waals surface area (Å²) in [5, 5.41) is -0.254. The summed E-state index contributed by atoms with van der Waals surface area (Å²) in [4.78, 5) is 17.4. The third kappa shape index (κ3) is 3.23. The molecule has 1 aliphatic rings. The molecular formula is C22H19FN2O4S. The summed E-state index contributed by atoms with van der Waals surface area (Å²) in [6.45, 7) is 3.95. The molecule has 0 saturated heterocycles. The molecule has 0 bridgehead atoms. The number of nitrogens with zero attached hydrogens (tertiary/aromatic N) is 2. The zero-order chi connectivity index (χ0) is 21.5. The number of ether oxygens (including phenoxy) is 1. The molecule has 1 amide bonds. The summed E-state index contributed by atoms with van der Waals surface area (Å²) >= 11 is 0. The number of fused-ring (bicyclic) bond motifs is 1. The zero-order valence-electron chi connectivity index (χ0n) is 16.4. The summed E-state index contributed by atoms with van der Waals surface area (Å²) in [6.07, 6.45) is 1.42. The molecule has 2 heterocycles. The molecular weight excluding hydrogens is 407 g/mol. The fourth-order valence-electron chi connectivity index (χ4n) is 3.57. The van der Waals surface area contributed by atoms with Gasteiger partial charge in [-0.2, -0.15) is 8.42 Å². The van der Waals surface area contributed by atoms with E-state index in [9.17, 15) is 17.6 Å². The van der Waals surface area contributed by atoms with Crippen molar-refractivity contribution in [2.75, 3.05) is 10.9 Å². The van der Waals surface area contributed by atoms with Crippen molar-refractivity contribution in [2.45, 2.75) is 24.8 Å². The maximum atomic E-state index is 14.1. The lowest BCUT2D eigenvalue weighted by atomic mass is 9.92. The van der Waals surface area contributed by atoms with E-state index in [4.69, 9.17) is 4.74 Å². The highest BCUT2D eigenvalue weighted by Gasteiger charge is 2.46. The van der Waals surface area contributed by atoms with E-state index in [1.165, 1.54) is 24.4 Å². The molecule has 154 valence electrons. The monoisotopic (exact) mass is 426 g/mol. The first kappa shape index (κ1) is 20.0. The van der Waals surface area contributed by atoms with Crippen molar-refractivity contribution >= 4 is 21.6 Å². The second-order valence-electron chi connectivity index (χ2n) is 6.89. The van der Waals surface area contributed by atoms with Gasteiger partial charge in [0, 0.05) is 11.8 Å². The number of carbonyl (C=O) groups is 1. The molecule has 3 aromatic rings. The number of para-hydroxylation sites is 1. The van der Waals surface area contributed by atoms with Gasteiger partial charge in [-0.25, -0.2) is 13.7 Å². The van der Waals surface area contributed by atoms with E-state index < -0.39 is 27.7 Å². The summed E-state index contributed by atoms with van der Waals surface area (Å²) in [5.74, 6) is -1.83. The fourth-order valence-corrected chi connectivity index (χ4v) is 4.95. The Labute approximate surface area is 174 Å². The number of aromatic nitrogens is 1. The highest BCUT2D eigenvalue weighted by atomic mass is 32.2. The van der Waals surface area contributed by atoms with E-state index in [2.05, 4.69) is 4.98 Å². The number of halogens is 1. The highest BCUT2D eigenvalue weighted by Crippen LogP contribution is 2.46. The lowest BCUT2D eigenvalue weighted by Crippen LogP contribution is -2.36. The van der Waals surface area contributed by atoms with E-state index in [0.717, 1.165) is 11.6 Å². The van der Waals surface area contributed by atoms with Crippen LogP contribution in [0, 0.1) is 12.7 Å². The number of carbonyl (C=O) groups excluding carboxylic acids is 1. The third-order valence-electron chi connectivity index (χ3n) is 4.89. The first-order chi connectivity index (χ1) is 14.3. The van der Waals surface area contributed by atoms with Crippen LogP contribution >= 0.6 is 0 Å². The Balaban J connectivity index is 1.90. The predicted molar refractivity (Wildman–Crippen MR) is 109 cm³/mol. The Bertz CT molecular complexity index is 1230. The second kappa shape index (κ2) is 7.53. The zero-order valence-corrected chi connectivity index (χ0v) is 17.2. The number of anilines is 1. The standard InChI is InChI=1S/C22H19FN2O4S/c1-3-29-19-7-5-4-6-16(19)21-17-12-15(23)9-10-18(17)25(22(21)26)30(27,28)20-11-8-14(2)13-24-20/h4-13,21H,3H2,1-2H3. The summed E-state index contributed by atoms with van der Waals surface area (Å²) < 4.78 is 47.1. The van der Waals surface area contributed by atoms with Gasteiger partial charge >= 0.3 is 0 Å². The van der Waals surface area contributed by atoms with Gasteiger partial charge in [-0.15, -0.1) is 0 Å². The molecule has 8 heteroatoms. The fraction of sp³-hybridized carbons (Fsp3) is 0.182. The molecule has 1 aliphatic heterocycles. The van der Waals surface area contributed by atoms with Crippen molar-refractivity contribution in [2.24, 2.45) is 0 Å².